The fourth-order valence-corrected chi connectivity index (χ4v) is 3.51. The highest BCUT2D eigenvalue weighted by Crippen LogP contribution is 2.35. The van der Waals surface area contributed by atoms with Crippen molar-refractivity contribution in [2.75, 3.05) is 14.2 Å². The lowest BCUT2D eigenvalue weighted by molar-refractivity contribution is 0.398. The van der Waals surface area contributed by atoms with Crippen LogP contribution in [0.3, 0.4) is 0 Å². The van der Waals surface area contributed by atoms with E-state index in [1.165, 1.54) is 0 Å². The first-order valence-electron chi connectivity index (χ1n) is 8.94. The van der Waals surface area contributed by atoms with Gasteiger partial charge in [-0.05, 0) is 42.5 Å². The zero-order valence-electron chi connectivity index (χ0n) is 16.0. The molecule has 29 heavy (non-hydrogen) atoms. The Morgan fingerprint density at radius 2 is 1.66 bits per heavy atom. The summed E-state index contributed by atoms with van der Waals surface area (Å²) in [5.74, 6) is 3.29. The van der Waals surface area contributed by atoms with Crippen molar-refractivity contribution in [2.24, 2.45) is 0 Å². The molecule has 3 heterocycles. The Morgan fingerprint density at radius 1 is 0.897 bits per heavy atom. The summed E-state index contributed by atoms with van der Waals surface area (Å²) >= 11 is 1.65. The average molecular weight is 405 g/mol. The van der Waals surface area contributed by atoms with Crippen LogP contribution in [0.4, 0.5) is 0 Å². The molecular weight excluding hydrogens is 386 g/mol. The predicted molar refractivity (Wildman–Crippen MR) is 112 cm³/mol. The van der Waals surface area contributed by atoms with Crippen molar-refractivity contribution in [3.8, 4) is 34.2 Å². The van der Waals surface area contributed by atoms with Gasteiger partial charge in [0.1, 0.15) is 11.4 Å². The first-order chi connectivity index (χ1) is 14.3. The van der Waals surface area contributed by atoms with Crippen molar-refractivity contribution in [3.63, 3.8) is 0 Å². The molecule has 1 aromatic carbocycles. The lowest BCUT2D eigenvalue weighted by atomic mass is 10.1. The largest absolute Gasteiger partial charge is 0.497 e. The quantitative estimate of drug-likeness (QED) is 0.396. The molecule has 0 unspecified atom stereocenters. The molecule has 0 amide bonds. The number of benzene rings is 1. The maximum absolute atomic E-state index is 6.16. The summed E-state index contributed by atoms with van der Waals surface area (Å²) in [5, 5.41) is 0. The summed E-state index contributed by atoms with van der Waals surface area (Å²) in [6.45, 7) is 0. The molecule has 0 saturated heterocycles. The summed E-state index contributed by atoms with van der Waals surface area (Å²) in [6.07, 6.45) is 5.29. The van der Waals surface area contributed by atoms with E-state index in [-0.39, 0.29) is 0 Å². The third-order valence-electron chi connectivity index (χ3n) is 4.25. The zero-order valence-corrected chi connectivity index (χ0v) is 16.8. The van der Waals surface area contributed by atoms with Gasteiger partial charge < -0.3 is 13.9 Å². The van der Waals surface area contributed by atoms with Crippen molar-refractivity contribution < 1.29 is 13.9 Å². The fourth-order valence-electron chi connectivity index (χ4n) is 2.78. The van der Waals surface area contributed by atoms with E-state index in [1.54, 1.807) is 44.6 Å². The van der Waals surface area contributed by atoms with Crippen LogP contribution < -0.4 is 9.47 Å². The van der Waals surface area contributed by atoms with Crippen molar-refractivity contribution in [3.05, 3.63) is 73.0 Å². The van der Waals surface area contributed by atoms with Gasteiger partial charge in [-0.25, -0.2) is 9.97 Å². The Morgan fingerprint density at radius 3 is 2.31 bits per heavy atom. The van der Waals surface area contributed by atoms with Crippen LogP contribution in [0.15, 0.2) is 76.4 Å². The molecule has 0 N–H and O–H groups in total. The second kappa shape index (κ2) is 8.79. The first-order valence-corrected chi connectivity index (χ1v) is 9.93. The molecule has 0 bridgehead atoms. The van der Waals surface area contributed by atoms with E-state index in [4.69, 9.17) is 18.9 Å². The first kappa shape index (κ1) is 19.0. The molecule has 0 radical (unpaired) electrons. The monoisotopic (exact) mass is 405 g/mol. The van der Waals surface area contributed by atoms with Crippen LogP contribution in [-0.4, -0.2) is 29.2 Å². The highest BCUT2D eigenvalue weighted by Gasteiger charge is 2.18. The molecule has 0 spiro atoms. The van der Waals surface area contributed by atoms with Crippen molar-refractivity contribution in [2.45, 2.75) is 10.6 Å². The molecule has 0 aliphatic rings. The summed E-state index contributed by atoms with van der Waals surface area (Å²) < 4.78 is 16.6. The predicted octanol–water partition coefficient (Wildman–Crippen LogP) is 5.11. The molecule has 3 aromatic heterocycles. The van der Waals surface area contributed by atoms with Gasteiger partial charge in [-0.1, -0.05) is 0 Å². The summed E-state index contributed by atoms with van der Waals surface area (Å²) in [4.78, 5) is 14.2. The van der Waals surface area contributed by atoms with Gasteiger partial charge in [0.15, 0.2) is 5.76 Å². The average Bonchev–Trinajstić information content (AvgIpc) is 3.23. The van der Waals surface area contributed by atoms with Gasteiger partial charge >= 0.3 is 0 Å². The second-order valence-corrected chi connectivity index (χ2v) is 7.12. The topological polar surface area (TPSA) is 70.3 Å². The lowest BCUT2D eigenvalue weighted by Gasteiger charge is -2.04. The Bertz CT molecular complexity index is 1000. The van der Waals surface area contributed by atoms with Crippen molar-refractivity contribution in [1.82, 2.24) is 15.0 Å². The number of hydrogen-bond donors (Lipinski definition) is 0. The number of ether oxygens (including phenoxy) is 2. The van der Waals surface area contributed by atoms with E-state index in [0.717, 1.165) is 27.5 Å². The zero-order chi connectivity index (χ0) is 20.1. The molecule has 7 heteroatoms. The van der Waals surface area contributed by atoms with E-state index in [0.29, 0.717) is 23.3 Å². The number of pyridine rings is 2. The Balaban J connectivity index is 1.68. The van der Waals surface area contributed by atoms with Crippen LogP contribution >= 0.6 is 11.8 Å². The van der Waals surface area contributed by atoms with E-state index in [9.17, 15) is 0 Å². The molecule has 0 fully saturated rings. The third-order valence-corrected chi connectivity index (χ3v) is 5.25. The Kier molecular flexibility index (Phi) is 5.76. The van der Waals surface area contributed by atoms with E-state index >= 15 is 0 Å². The van der Waals surface area contributed by atoms with Crippen molar-refractivity contribution in [1.29, 1.82) is 0 Å². The Hall–Kier alpha value is -3.32. The Labute approximate surface area is 173 Å². The van der Waals surface area contributed by atoms with Crippen molar-refractivity contribution >= 4 is 11.8 Å². The van der Waals surface area contributed by atoms with Crippen LogP contribution in [0, 0.1) is 0 Å². The number of aromatic nitrogens is 3. The smallest absolute Gasteiger partial charge is 0.212 e. The number of oxazole rings is 1. The minimum Gasteiger partial charge on any atom is -0.497 e. The second-order valence-electron chi connectivity index (χ2n) is 6.07. The van der Waals surface area contributed by atoms with Crippen LogP contribution in [0.5, 0.6) is 11.6 Å². The van der Waals surface area contributed by atoms with Gasteiger partial charge in [0.25, 0.3) is 0 Å². The number of methoxy groups -OCH3 is 2. The van der Waals surface area contributed by atoms with E-state index in [2.05, 4.69) is 9.97 Å². The molecule has 4 aromatic rings. The normalized spacial score (nSPS) is 10.7. The maximum atomic E-state index is 6.16. The molecule has 6 nitrogen and oxygen atoms in total. The fraction of sp³-hybridized carbons (Fsp3) is 0.136. The summed E-state index contributed by atoms with van der Waals surface area (Å²) in [7, 11) is 3.24. The van der Waals surface area contributed by atoms with Gasteiger partial charge in [0.2, 0.25) is 11.8 Å². The van der Waals surface area contributed by atoms with Gasteiger partial charge in [-0.15, -0.1) is 11.8 Å². The number of nitrogens with zero attached hydrogens (tertiary/aromatic N) is 3. The molecule has 146 valence electrons. The standard InChI is InChI=1S/C22H19N3O3S/c1-26-17-6-3-15(4-7-17)22-21(16-5-8-19(27-2)24-13-16)25-20(28-22)14-29-18-9-11-23-12-10-18/h3-13H,14H2,1-2H3. The molecular formula is C22H19N3O3S. The van der Waals surface area contributed by atoms with Crippen LogP contribution in [0.25, 0.3) is 22.6 Å². The third kappa shape index (κ3) is 4.41. The maximum Gasteiger partial charge on any atom is 0.212 e. The van der Waals surface area contributed by atoms with Gasteiger partial charge in [-0.2, -0.15) is 0 Å². The van der Waals surface area contributed by atoms with E-state index < -0.39 is 0 Å². The minimum atomic E-state index is 0.553. The highest BCUT2D eigenvalue weighted by molar-refractivity contribution is 7.98. The molecule has 4 rings (SSSR count). The number of hydrogen-bond acceptors (Lipinski definition) is 7. The summed E-state index contributed by atoms with van der Waals surface area (Å²) in [5.41, 5.74) is 2.53. The summed E-state index contributed by atoms with van der Waals surface area (Å²) in [6, 6.07) is 15.4. The number of thioether (sulfide) groups is 1. The van der Waals surface area contributed by atoms with Gasteiger partial charge in [-0.3, -0.25) is 4.98 Å². The van der Waals surface area contributed by atoms with Gasteiger partial charge in [0, 0.05) is 40.7 Å². The molecule has 0 aliphatic carbocycles. The molecule has 0 saturated carbocycles. The molecule has 0 aliphatic heterocycles. The van der Waals surface area contributed by atoms with E-state index in [1.807, 2.05) is 48.5 Å². The number of rotatable bonds is 7. The highest BCUT2D eigenvalue weighted by atomic mass is 32.2. The lowest BCUT2D eigenvalue weighted by Crippen LogP contribution is -1.89. The van der Waals surface area contributed by atoms with Crippen LogP contribution in [0.1, 0.15) is 5.89 Å². The van der Waals surface area contributed by atoms with Crippen LogP contribution in [-0.2, 0) is 5.75 Å². The molecule has 0 atom stereocenters. The van der Waals surface area contributed by atoms with Crippen LogP contribution in [0.2, 0.25) is 0 Å². The minimum absolute atomic E-state index is 0.553. The van der Waals surface area contributed by atoms with Gasteiger partial charge in [0.05, 0.1) is 20.0 Å². The SMILES string of the molecule is COc1ccc(-c2oc(CSc3ccncc3)nc2-c2ccc(OC)nc2)cc1.